The lowest BCUT2D eigenvalue weighted by atomic mass is 10.2. The third-order valence-corrected chi connectivity index (χ3v) is 2.18. The van der Waals surface area contributed by atoms with Gasteiger partial charge >= 0.3 is 5.97 Å². The molecule has 4 heteroatoms. The smallest absolute Gasteiger partial charge is 0.337 e. The van der Waals surface area contributed by atoms with Crippen LogP contribution in [0.5, 0.6) is 0 Å². The molecule has 0 radical (unpaired) electrons. The summed E-state index contributed by atoms with van der Waals surface area (Å²) in [7, 11) is 2.03. The van der Waals surface area contributed by atoms with E-state index in [0.29, 0.717) is 5.92 Å². The molecule has 16 heavy (non-hydrogen) atoms. The number of rotatable bonds is 5. The lowest BCUT2D eigenvalue weighted by Gasteiger charge is -2.18. The average molecular weight is 222 g/mol. The van der Waals surface area contributed by atoms with Gasteiger partial charge in [0.1, 0.15) is 0 Å². The molecule has 0 aliphatic carbocycles. The molecule has 0 aromatic carbocycles. The van der Waals surface area contributed by atoms with E-state index in [0.717, 1.165) is 18.8 Å². The lowest BCUT2D eigenvalue weighted by molar-refractivity contribution is 0.0696. The Morgan fingerprint density at radius 3 is 2.62 bits per heavy atom. The van der Waals surface area contributed by atoms with E-state index in [9.17, 15) is 4.79 Å². The Morgan fingerprint density at radius 1 is 1.50 bits per heavy atom. The quantitative estimate of drug-likeness (QED) is 0.826. The molecule has 1 aromatic heterocycles. The standard InChI is InChI=1S/C12H18N2O2/c1-9(2)7-14(3)8-11-5-4-10(6-13-11)12(15)16/h4-6,9H,7-8H2,1-3H3,(H,15,16). The Morgan fingerprint density at radius 2 is 2.19 bits per heavy atom. The summed E-state index contributed by atoms with van der Waals surface area (Å²) in [6.45, 7) is 6.08. The van der Waals surface area contributed by atoms with Gasteiger partial charge in [0, 0.05) is 19.3 Å². The van der Waals surface area contributed by atoms with Gasteiger partial charge in [0.15, 0.2) is 0 Å². The first kappa shape index (κ1) is 12.6. The fraction of sp³-hybridized carbons (Fsp3) is 0.500. The number of aromatic nitrogens is 1. The van der Waals surface area contributed by atoms with E-state index in [1.165, 1.54) is 6.20 Å². The van der Waals surface area contributed by atoms with E-state index in [2.05, 4.69) is 23.7 Å². The van der Waals surface area contributed by atoms with Crippen molar-refractivity contribution in [1.82, 2.24) is 9.88 Å². The van der Waals surface area contributed by atoms with Gasteiger partial charge in [-0.3, -0.25) is 4.98 Å². The Kier molecular flexibility index (Phi) is 4.43. The maximum absolute atomic E-state index is 10.6. The first-order chi connectivity index (χ1) is 7.49. The summed E-state index contributed by atoms with van der Waals surface area (Å²) in [4.78, 5) is 16.9. The monoisotopic (exact) mass is 222 g/mol. The minimum absolute atomic E-state index is 0.232. The van der Waals surface area contributed by atoms with Crippen molar-refractivity contribution in [2.45, 2.75) is 20.4 Å². The molecular formula is C12H18N2O2. The second-order valence-corrected chi connectivity index (χ2v) is 4.43. The molecule has 4 nitrogen and oxygen atoms in total. The molecule has 0 saturated carbocycles. The molecule has 1 rings (SSSR count). The zero-order valence-electron chi connectivity index (χ0n) is 9.97. The number of carbonyl (C=O) groups is 1. The van der Waals surface area contributed by atoms with Crippen LogP contribution in [-0.4, -0.2) is 34.6 Å². The molecule has 0 amide bonds. The fourth-order valence-electron chi connectivity index (χ4n) is 1.61. The van der Waals surface area contributed by atoms with Gasteiger partial charge in [-0.15, -0.1) is 0 Å². The molecule has 0 bridgehead atoms. The van der Waals surface area contributed by atoms with Gasteiger partial charge in [-0.05, 0) is 25.1 Å². The van der Waals surface area contributed by atoms with Gasteiger partial charge in [-0.1, -0.05) is 13.8 Å². The zero-order chi connectivity index (χ0) is 12.1. The number of pyridine rings is 1. The summed E-state index contributed by atoms with van der Waals surface area (Å²) < 4.78 is 0. The molecule has 1 aromatic rings. The number of carboxylic acids is 1. The summed E-state index contributed by atoms with van der Waals surface area (Å²) in [6.07, 6.45) is 1.40. The number of hydrogen-bond acceptors (Lipinski definition) is 3. The van der Waals surface area contributed by atoms with Crippen LogP contribution in [0, 0.1) is 5.92 Å². The van der Waals surface area contributed by atoms with E-state index in [1.54, 1.807) is 12.1 Å². The number of aromatic carboxylic acids is 1. The van der Waals surface area contributed by atoms with Crippen LogP contribution in [0.15, 0.2) is 18.3 Å². The van der Waals surface area contributed by atoms with Gasteiger partial charge in [0.05, 0.1) is 11.3 Å². The van der Waals surface area contributed by atoms with E-state index in [1.807, 2.05) is 7.05 Å². The summed E-state index contributed by atoms with van der Waals surface area (Å²) in [5, 5.41) is 8.73. The van der Waals surface area contributed by atoms with Crippen molar-refractivity contribution < 1.29 is 9.90 Å². The van der Waals surface area contributed by atoms with Crippen LogP contribution in [0.4, 0.5) is 0 Å². The summed E-state index contributed by atoms with van der Waals surface area (Å²) >= 11 is 0. The van der Waals surface area contributed by atoms with Crippen LogP contribution < -0.4 is 0 Å². The molecule has 0 fully saturated rings. The predicted molar refractivity (Wildman–Crippen MR) is 62.4 cm³/mol. The van der Waals surface area contributed by atoms with Crippen molar-refractivity contribution in [3.63, 3.8) is 0 Å². The molecule has 0 aliphatic rings. The van der Waals surface area contributed by atoms with Gasteiger partial charge < -0.3 is 10.0 Å². The van der Waals surface area contributed by atoms with Crippen LogP contribution in [0.2, 0.25) is 0 Å². The Bertz CT molecular complexity index is 347. The third-order valence-electron chi connectivity index (χ3n) is 2.18. The second-order valence-electron chi connectivity index (χ2n) is 4.43. The van der Waals surface area contributed by atoms with Gasteiger partial charge in [-0.2, -0.15) is 0 Å². The third kappa shape index (κ3) is 3.98. The minimum atomic E-state index is -0.936. The van der Waals surface area contributed by atoms with Crippen LogP contribution in [0.1, 0.15) is 29.9 Å². The summed E-state index contributed by atoms with van der Waals surface area (Å²) in [6, 6.07) is 3.36. The number of hydrogen-bond donors (Lipinski definition) is 1. The van der Waals surface area contributed by atoms with Crippen molar-refractivity contribution in [1.29, 1.82) is 0 Å². The van der Waals surface area contributed by atoms with Crippen molar-refractivity contribution >= 4 is 5.97 Å². The fourth-order valence-corrected chi connectivity index (χ4v) is 1.61. The summed E-state index contributed by atoms with van der Waals surface area (Å²) in [5.74, 6) is -0.321. The lowest BCUT2D eigenvalue weighted by Crippen LogP contribution is -2.23. The SMILES string of the molecule is CC(C)CN(C)Cc1ccc(C(=O)O)cn1. The highest BCUT2D eigenvalue weighted by molar-refractivity contribution is 5.87. The molecule has 0 saturated heterocycles. The molecule has 1 heterocycles. The molecule has 0 spiro atoms. The van der Waals surface area contributed by atoms with E-state index in [-0.39, 0.29) is 5.56 Å². The first-order valence-corrected chi connectivity index (χ1v) is 5.36. The van der Waals surface area contributed by atoms with Crippen LogP contribution >= 0.6 is 0 Å². The van der Waals surface area contributed by atoms with Gasteiger partial charge in [0.2, 0.25) is 0 Å². The zero-order valence-corrected chi connectivity index (χ0v) is 9.97. The maximum Gasteiger partial charge on any atom is 0.337 e. The highest BCUT2D eigenvalue weighted by Gasteiger charge is 2.06. The predicted octanol–water partition coefficient (Wildman–Crippen LogP) is 1.87. The van der Waals surface area contributed by atoms with Crippen LogP contribution in [-0.2, 0) is 6.54 Å². The van der Waals surface area contributed by atoms with Crippen LogP contribution in [0.25, 0.3) is 0 Å². The maximum atomic E-state index is 10.6. The van der Waals surface area contributed by atoms with Crippen molar-refractivity contribution in [2.75, 3.05) is 13.6 Å². The Balaban J connectivity index is 2.58. The van der Waals surface area contributed by atoms with Gasteiger partial charge in [-0.25, -0.2) is 4.79 Å². The van der Waals surface area contributed by atoms with E-state index >= 15 is 0 Å². The Labute approximate surface area is 95.9 Å². The molecular weight excluding hydrogens is 204 g/mol. The largest absolute Gasteiger partial charge is 0.478 e. The van der Waals surface area contributed by atoms with Crippen LogP contribution in [0.3, 0.4) is 0 Å². The molecule has 88 valence electrons. The highest BCUT2D eigenvalue weighted by Crippen LogP contribution is 2.04. The molecule has 0 unspecified atom stereocenters. The molecule has 1 N–H and O–H groups in total. The molecule has 0 aliphatic heterocycles. The van der Waals surface area contributed by atoms with E-state index in [4.69, 9.17) is 5.11 Å². The van der Waals surface area contributed by atoms with Gasteiger partial charge in [0.25, 0.3) is 0 Å². The minimum Gasteiger partial charge on any atom is -0.478 e. The molecule has 0 atom stereocenters. The second kappa shape index (κ2) is 5.61. The number of carboxylic acid groups (broad SMARTS) is 1. The van der Waals surface area contributed by atoms with E-state index < -0.39 is 5.97 Å². The average Bonchev–Trinajstić information content (AvgIpc) is 2.16. The van der Waals surface area contributed by atoms with Crippen molar-refractivity contribution in [3.8, 4) is 0 Å². The number of nitrogens with zero attached hydrogens (tertiary/aromatic N) is 2. The normalized spacial score (nSPS) is 11.1. The van der Waals surface area contributed by atoms with Crippen molar-refractivity contribution in [2.24, 2.45) is 5.92 Å². The highest BCUT2D eigenvalue weighted by atomic mass is 16.4. The summed E-state index contributed by atoms with van der Waals surface area (Å²) in [5.41, 5.74) is 1.13. The first-order valence-electron chi connectivity index (χ1n) is 5.36. The topological polar surface area (TPSA) is 53.4 Å². The Hall–Kier alpha value is -1.42. The van der Waals surface area contributed by atoms with Crippen molar-refractivity contribution in [3.05, 3.63) is 29.6 Å².